The van der Waals surface area contributed by atoms with Crippen molar-refractivity contribution in [2.45, 2.75) is 66.0 Å². The van der Waals surface area contributed by atoms with Gasteiger partial charge in [0, 0.05) is 0 Å². The van der Waals surface area contributed by atoms with Gasteiger partial charge in [0.2, 0.25) is 0 Å². The Kier molecular flexibility index (Phi) is 7.86. The van der Waals surface area contributed by atoms with Gasteiger partial charge in [0.05, 0.1) is 18.8 Å². The van der Waals surface area contributed by atoms with E-state index < -0.39 is 0 Å². The molecule has 0 amide bonds. The van der Waals surface area contributed by atoms with Crippen LogP contribution >= 0.6 is 0 Å². The third kappa shape index (κ3) is 6.06. The third-order valence-corrected chi connectivity index (χ3v) is 3.53. The van der Waals surface area contributed by atoms with E-state index in [2.05, 4.69) is 58.1 Å². The van der Waals surface area contributed by atoms with E-state index in [1.165, 1.54) is 23.1 Å². The van der Waals surface area contributed by atoms with Gasteiger partial charge in [-0.3, -0.25) is 0 Å². The molecule has 1 aromatic rings. The van der Waals surface area contributed by atoms with Crippen molar-refractivity contribution in [3.63, 3.8) is 0 Å². The maximum atomic E-state index is 6.01. The molecule has 1 aromatic carbocycles. The van der Waals surface area contributed by atoms with Crippen LogP contribution in [0.5, 0.6) is 0 Å². The molecule has 0 radical (unpaired) electrons. The molecule has 2 unspecified atom stereocenters. The molecule has 0 bridgehead atoms. The summed E-state index contributed by atoms with van der Waals surface area (Å²) in [6.07, 6.45) is 3.80. The summed E-state index contributed by atoms with van der Waals surface area (Å²) in [6.45, 7) is 12.7. The molecule has 2 atom stereocenters. The molecular formula is C18H31NO. The van der Waals surface area contributed by atoms with Gasteiger partial charge in [-0.1, -0.05) is 49.6 Å². The normalized spacial score (nSPS) is 14.2. The molecule has 2 heteroatoms. The monoisotopic (exact) mass is 277 g/mol. The van der Waals surface area contributed by atoms with E-state index in [0.29, 0.717) is 12.1 Å². The smallest absolute Gasteiger partial charge is 0.0665 e. The van der Waals surface area contributed by atoms with Gasteiger partial charge in [0.1, 0.15) is 0 Å². The maximum Gasteiger partial charge on any atom is 0.0665 e. The van der Waals surface area contributed by atoms with E-state index >= 15 is 0 Å². The van der Waals surface area contributed by atoms with Crippen LogP contribution in [-0.4, -0.2) is 19.3 Å². The zero-order valence-electron chi connectivity index (χ0n) is 13.8. The Morgan fingerprint density at radius 2 is 1.70 bits per heavy atom. The number of rotatable bonds is 9. The van der Waals surface area contributed by atoms with Crippen LogP contribution in [-0.2, 0) is 4.74 Å². The molecule has 0 aliphatic carbocycles. The lowest BCUT2D eigenvalue weighted by Gasteiger charge is -2.22. The zero-order chi connectivity index (χ0) is 15.0. The average Bonchev–Trinajstić information content (AvgIpc) is 2.38. The molecule has 0 spiro atoms. The first kappa shape index (κ1) is 17.2. The van der Waals surface area contributed by atoms with Crippen LogP contribution in [0.15, 0.2) is 18.2 Å². The molecule has 20 heavy (non-hydrogen) atoms. The Morgan fingerprint density at radius 3 is 2.25 bits per heavy atom. The lowest BCUT2D eigenvalue weighted by molar-refractivity contribution is 0.0440. The van der Waals surface area contributed by atoms with Crippen LogP contribution < -0.4 is 5.32 Å². The number of hydrogen-bond donors (Lipinski definition) is 1. The van der Waals surface area contributed by atoms with Crippen LogP contribution in [0.4, 0.5) is 0 Å². The predicted octanol–water partition coefficient (Wildman–Crippen LogP) is 4.55. The molecule has 0 aromatic heterocycles. The number of ether oxygens (including phenoxy) is 1. The Hall–Kier alpha value is -0.860. The molecule has 0 aliphatic heterocycles. The van der Waals surface area contributed by atoms with Gasteiger partial charge in [0.25, 0.3) is 0 Å². The van der Waals surface area contributed by atoms with Crippen molar-refractivity contribution < 1.29 is 4.74 Å². The topological polar surface area (TPSA) is 21.3 Å². The second-order valence-electron chi connectivity index (χ2n) is 5.86. The summed E-state index contributed by atoms with van der Waals surface area (Å²) in [4.78, 5) is 0. The van der Waals surface area contributed by atoms with Crippen molar-refractivity contribution in [3.05, 3.63) is 34.9 Å². The summed E-state index contributed by atoms with van der Waals surface area (Å²) in [5.74, 6) is 0. The van der Waals surface area contributed by atoms with Crippen LogP contribution in [0, 0.1) is 13.8 Å². The minimum absolute atomic E-state index is 0.299. The lowest BCUT2D eigenvalue weighted by atomic mass is 10.0. The minimum Gasteiger partial charge on any atom is -0.377 e. The summed E-state index contributed by atoms with van der Waals surface area (Å²) in [5.41, 5.74) is 3.99. The Labute approximate surface area is 124 Å². The van der Waals surface area contributed by atoms with E-state index in [1.54, 1.807) is 0 Å². The average molecular weight is 277 g/mol. The molecular weight excluding hydrogens is 246 g/mol. The van der Waals surface area contributed by atoms with Crippen molar-refractivity contribution in [1.82, 2.24) is 5.32 Å². The Morgan fingerprint density at radius 1 is 1.05 bits per heavy atom. The quantitative estimate of drug-likeness (QED) is 0.715. The van der Waals surface area contributed by atoms with Gasteiger partial charge < -0.3 is 10.1 Å². The number of nitrogens with one attached hydrogen (secondary N) is 1. The molecule has 0 aliphatic rings. The van der Waals surface area contributed by atoms with Crippen molar-refractivity contribution in [3.8, 4) is 0 Å². The molecule has 1 N–H and O–H groups in total. The molecule has 0 saturated heterocycles. The van der Waals surface area contributed by atoms with Gasteiger partial charge in [-0.05, 0) is 45.7 Å². The second kappa shape index (κ2) is 9.15. The zero-order valence-corrected chi connectivity index (χ0v) is 13.8. The second-order valence-corrected chi connectivity index (χ2v) is 5.86. The van der Waals surface area contributed by atoms with Crippen molar-refractivity contribution >= 4 is 0 Å². The standard InChI is InChI=1S/C18H31NO/c1-6-8-16(5)20-13-18(19-9-7-2)17-11-14(3)10-15(4)12-17/h10-12,16,18-19H,6-9,13H2,1-5H3. The van der Waals surface area contributed by atoms with Crippen molar-refractivity contribution in [2.24, 2.45) is 0 Å². The van der Waals surface area contributed by atoms with Crippen LogP contribution in [0.3, 0.4) is 0 Å². The predicted molar refractivity (Wildman–Crippen MR) is 87.3 cm³/mol. The van der Waals surface area contributed by atoms with E-state index in [1.807, 2.05) is 0 Å². The molecule has 1 rings (SSSR count). The van der Waals surface area contributed by atoms with E-state index in [-0.39, 0.29) is 0 Å². The van der Waals surface area contributed by atoms with Gasteiger partial charge >= 0.3 is 0 Å². The first-order valence-corrected chi connectivity index (χ1v) is 8.00. The summed E-state index contributed by atoms with van der Waals surface area (Å²) in [7, 11) is 0. The fourth-order valence-corrected chi connectivity index (χ4v) is 2.55. The van der Waals surface area contributed by atoms with Gasteiger partial charge in [0.15, 0.2) is 0 Å². The van der Waals surface area contributed by atoms with Gasteiger partial charge in [-0.25, -0.2) is 0 Å². The van der Waals surface area contributed by atoms with E-state index in [4.69, 9.17) is 4.74 Å². The van der Waals surface area contributed by atoms with Gasteiger partial charge in [-0.2, -0.15) is 0 Å². The maximum absolute atomic E-state index is 6.01. The van der Waals surface area contributed by atoms with Crippen LogP contribution in [0.25, 0.3) is 0 Å². The SMILES string of the molecule is CCCNC(COC(C)CCC)c1cc(C)cc(C)c1. The van der Waals surface area contributed by atoms with E-state index in [9.17, 15) is 0 Å². The summed E-state index contributed by atoms with van der Waals surface area (Å²) in [6, 6.07) is 7.07. The lowest BCUT2D eigenvalue weighted by Crippen LogP contribution is -2.28. The Balaban J connectivity index is 2.72. The van der Waals surface area contributed by atoms with Crippen LogP contribution in [0.2, 0.25) is 0 Å². The molecule has 0 heterocycles. The van der Waals surface area contributed by atoms with Crippen molar-refractivity contribution in [1.29, 1.82) is 0 Å². The van der Waals surface area contributed by atoms with Crippen molar-refractivity contribution in [2.75, 3.05) is 13.2 Å². The highest BCUT2D eigenvalue weighted by Crippen LogP contribution is 2.18. The number of benzene rings is 1. The molecule has 114 valence electrons. The molecule has 0 fully saturated rings. The number of hydrogen-bond acceptors (Lipinski definition) is 2. The molecule has 2 nitrogen and oxygen atoms in total. The summed E-state index contributed by atoms with van der Waals surface area (Å²) in [5, 5.41) is 3.61. The number of aryl methyl sites for hydroxylation is 2. The first-order valence-electron chi connectivity index (χ1n) is 8.00. The highest BCUT2D eigenvalue weighted by Gasteiger charge is 2.13. The minimum atomic E-state index is 0.299. The summed E-state index contributed by atoms with van der Waals surface area (Å²) >= 11 is 0. The fraction of sp³-hybridized carbons (Fsp3) is 0.667. The van der Waals surface area contributed by atoms with Crippen LogP contribution in [0.1, 0.15) is 62.8 Å². The van der Waals surface area contributed by atoms with Gasteiger partial charge in [-0.15, -0.1) is 0 Å². The Bertz CT molecular complexity index is 369. The summed E-state index contributed by atoms with van der Waals surface area (Å²) < 4.78 is 6.01. The third-order valence-electron chi connectivity index (χ3n) is 3.53. The fourth-order valence-electron chi connectivity index (χ4n) is 2.55. The highest BCUT2D eigenvalue weighted by molar-refractivity contribution is 5.30. The molecule has 0 saturated carbocycles. The largest absolute Gasteiger partial charge is 0.377 e. The first-order chi connectivity index (χ1) is 9.56. The highest BCUT2D eigenvalue weighted by atomic mass is 16.5. The van der Waals surface area contributed by atoms with E-state index in [0.717, 1.165) is 26.0 Å².